The van der Waals surface area contributed by atoms with Gasteiger partial charge in [-0.1, -0.05) is 30.3 Å². The van der Waals surface area contributed by atoms with E-state index in [2.05, 4.69) is 30.0 Å². The van der Waals surface area contributed by atoms with E-state index in [0.717, 1.165) is 16.9 Å². The highest BCUT2D eigenvalue weighted by Gasteiger charge is 2.12. The summed E-state index contributed by atoms with van der Waals surface area (Å²) >= 11 is 0. The van der Waals surface area contributed by atoms with Gasteiger partial charge < -0.3 is 10.0 Å². The zero-order valence-corrected chi connectivity index (χ0v) is 11.1. The first-order valence-corrected chi connectivity index (χ1v) is 6.17. The van der Waals surface area contributed by atoms with Gasteiger partial charge in [-0.3, -0.25) is 0 Å². The third-order valence-electron chi connectivity index (χ3n) is 3.14. The Hall–Kier alpha value is -1.80. The van der Waals surface area contributed by atoms with Crippen molar-refractivity contribution in [3.8, 4) is 0 Å². The molecule has 0 amide bonds. The zero-order chi connectivity index (χ0) is 13.1. The lowest BCUT2D eigenvalue weighted by atomic mass is 10.1. The number of benzene rings is 2. The molecular weight excluding hydrogens is 222 g/mol. The third-order valence-corrected chi connectivity index (χ3v) is 3.14. The van der Waals surface area contributed by atoms with Gasteiger partial charge in [-0.05, 0) is 37.6 Å². The maximum atomic E-state index is 9.83. The van der Waals surface area contributed by atoms with Crippen LogP contribution in [0.3, 0.4) is 0 Å². The Morgan fingerprint density at radius 2 is 1.78 bits per heavy atom. The predicted octanol–water partition coefficient (Wildman–Crippen LogP) is 3.82. The average molecular weight is 241 g/mol. The molecule has 0 unspecified atom stereocenters. The predicted molar refractivity (Wildman–Crippen MR) is 76.3 cm³/mol. The van der Waals surface area contributed by atoms with Crippen LogP contribution in [0.2, 0.25) is 0 Å². The maximum absolute atomic E-state index is 9.83. The quantitative estimate of drug-likeness (QED) is 0.883. The molecule has 0 aliphatic heterocycles. The van der Waals surface area contributed by atoms with Gasteiger partial charge in [-0.2, -0.15) is 0 Å². The normalized spacial score (nSPS) is 12.2. The molecule has 0 heterocycles. The molecule has 0 fully saturated rings. The number of aryl methyl sites for hydroxylation is 1. The van der Waals surface area contributed by atoms with Gasteiger partial charge in [0.2, 0.25) is 0 Å². The molecule has 0 aliphatic rings. The minimum Gasteiger partial charge on any atom is -0.389 e. The number of hydrogen-bond donors (Lipinski definition) is 1. The molecule has 1 atom stereocenters. The number of hydrogen-bond acceptors (Lipinski definition) is 2. The molecule has 0 aliphatic carbocycles. The zero-order valence-electron chi connectivity index (χ0n) is 11.1. The maximum Gasteiger partial charge on any atom is 0.0782 e. The molecule has 2 rings (SSSR count). The summed E-state index contributed by atoms with van der Waals surface area (Å²) in [6.45, 7) is 3.88. The van der Waals surface area contributed by atoms with Crippen LogP contribution >= 0.6 is 0 Å². The van der Waals surface area contributed by atoms with Crippen molar-refractivity contribution < 1.29 is 5.11 Å². The Kier molecular flexibility index (Phi) is 3.68. The number of rotatable bonds is 3. The number of aliphatic hydroxyl groups excluding tert-OH is 1. The van der Waals surface area contributed by atoms with Crippen molar-refractivity contribution in [1.82, 2.24) is 0 Å². The Morgan fingerprint density at radius 1 is 1.06 bits per heavy atom. The van der Waals surface area contributed by atoms with E-state index in [-0.39, 0.29) is 0 Å². The van der Waals surface area contributed by atoms with Gasteiger partial charge in [-0.25, -0.2) is 0 Å². The van der Waals surface area contributed by atoms with Gasteiger partial charge >= 0.3 is 0 Å². The van der Waals surface area contributed by atoms with Crippen molar-refractivity contribution in [2.45, 2.75) is 20.0 Å². The van der Waals surface area contributed by atoms with Gasteiger partial charge in [-0.15, -0.1) is 0 Å². The Morgan fingerprint density at radius 3 is 2.44 bits per heavy atom. The van der Waals surface area contributed by atoms with Crippen molar-refractivity contribution >= 4 is 11.4 Å². The van der Waals surface area contributed by atoms with Crippen LogP contribution in [0.4, 0.5) is 11.4 Å². The monoisotopic (exact) mass is 241 g/mol. The highest BCUT2D eigenvalue weighted by atomic mass is 16.3. The highest BCUT2D eigenvalue weighted by Crippen LogP contribution is 2.30. The van der Waals surface area contributed by atoms with Crippen molar-refractivity contribution in [2.75, 3.05) is 11.9 Å². The molecule has 1 N–H and O–H groups in total. The van der Waals surface area contributed by atoms with E-state index >= 15 is 0 Å². The Bertz CT molecular complexity index is 534. The first-order valence-electron chi connectivity index (χ1n) is 6.17. The molecule has 2 nitrogen and oxygen atoms in total. The second-order valence-corrected chi connectivity index (χ2v) is 4.63. The Balaban J connectivity index is 2.43. The molecule has 2 aromatic rings. The molecule has 0 spiro atoms. The first-order chi connectivity index (χ1) is 8.59. The van der Waals surface area contributed by atoms with E-state index < -0.39 is 6.10 Å². The van der Waals surface area contributed by atoms with Gasteiger partial charge in [0.25, 0.3) is 0 Å². The van der Waals surface area contributed by atoms with E-state index in [1.807, 2.05) is 37.4 Å². The molecule has 94 valence electrons. The van der Waals surface area contributed by atoms with Gasteiger partial charge in [0.05, 0.1) is 6.10 Å². The smallest absolute Gasteiger partial charge is 0.0782 e. The number of nitrogens with zero attached hydrogens (tertiary/aromatic N) is 1. The van der Waals surface area contributed by atoms with E-state index in [1.54, 1.807) is 6.92 Å². The van der Waals surface area contributed by atoms with E-state index in [4.69, 9.17) is 0 Å². The topological polar surface area (TPSA) is 23.5 Å². The van der Waals surface area contributed by atoms with Crippen LogP contribution in [0.15, 0.2) is 48.5 Å². The summed E-state index contributed by atoms with van der Waals surface area (Å²) in [4.78, 5) is 2.11. The molecule has 0 radical (unpaired) electrons. The van der Waals surface area contributed by atoms with Crippen LogP contribution in [-0.4, -0.2) is 12.2 Å². The number of aliphatic hydroxyl groups is 1. The molecule has 0 bridgehead atoms. The van der Waals surface area contributed by atoms with E-state index in [1.165, 1.54) is 5.56 Å². The number of anilines is 2. The average Bonchev–Trinajstić information content (AvgIpc) is 2.38. The lowest BCUT2D eigenvalue weighted by Gasteiger charge is -2.24. The lowest BCUT2D eigenvalue weighted by Crippen LogP contribution is -2.12. The fourth-order valence-corrected chi connectivity index (χ4v) is 2.12. The summed E-state index contributed by atoms with van der Waals surface area (Å²) in [6, 6.07) is 16.3. The van der Waals surface area contributed by atoms with E-state index in [0.29, 0.717) is 0 Å². The highest BCUT2D eigenvalue weighted by molar-refractivity contribution is 5.66. The molecule has 18 heavy (non-hydrogen) atoms. The van der Waals surface area contributed by atoms with Crippen molar-refractivity contribution in [1.29, 1.82) is 0 Å². The van der Waals surface area contributed by atoms with Crippen LogP contribution in [0.1, 0.15) is 24.2 Å². The molecular formula is C16H19NO. The summed E-state index contributed by atoms with van der Waals surface area (Å²) < 4.78 is 0. The van der Waals surface area contributed by atoms with Gasteiger partial charge in [0.15, 0.2) is 0 Å². The van der Waals surface area contributed by atoms with Crippen molar-refractivity contribution in [3.05, 3.63) is 59.7 Å². The van der Waals surface area contributed by atoms with Gasteiger partial charge in [0, 0.05) is 24.0 Å². The van der Waals surface area contributed by atoms with E-state index in [9.17, 15) is 5.11 Å². The molecule has 2 heteroatoms. The van der Waals surface area contributed by atoms with Gasteiger partial charge in [0.1, 0.15) is 0 Å². The summed E-state index contributed by atoms with van der Waals surface area (Å²) in [5.74, 6) is 0. The Labute approximate surface area is 109 Å². The first kappa shape index (κ1) is 12.7. The fraction of sp³-hybridized carbons (Fsp3) is 0.250. The SMILES string of the molecule is Cc1cccc(N(C)c2ccccc2[C@H](C)O)c1. The lowest BCUT2D eigenvalue weighted by molar-refractivity contribution is 0.200. The summed E-state index contributed by atoms with van der Waals surface area (Å²) in [5.41, 5.74) is 4.34. The summed E-state index contributed by atoms with van der Waals surface area (Å²) in [6.07, 6.45) is -0.464. The van der Waals surface area contributed by atoms with Crippen LogP contribution in [0.5, 0.6) is 0 Å². The summed E-state index contributed by atoms with van der Waals surface area (Å²) in [7, 11) is 2.02. The fourth-order valence-electron chi connectivity index (χ4n) is 2.12. The molecule has 0 saturated carbocycles. The second kappa shape index (κ2) is 5.23. The summed E-state index contributed by atoms with van der Waals surface area (Å²) in [5, 5.41) is 9.83. The third kappa shape index (κ3) is 2.54. The standard InChI is InChI=1S/C16H19NO/c1-12-7-6-8-14(11-12)17(3)16-10-5-4-9-15(16)13(2)18/h4-11,13,18H,1-3H3/t13-/m0/s1. The second-order valence-electron chi connectivity index (χ2n) is 4.63. The molecule has 0 aromatic heterocycles. The van der Waals surface area contributed by atoms with Crippen molar-refractivity contribution in [2.24, 2.45) is 0 Å². The van der Waals surface area contributed by atoms with Crippen molar-refractivity contribution in [3.63, 3.8) is 0 Å². The van der Waals surface area contributed by atoms with Crippen LogP contribution in [-0.2, 0) is 0 Å². The minimum atomic E-state index is -0.464. The van der Waals surface area contributed by atoms with Crippen LogP contribution < -0.4 is 4.90 Å². The number of para-hydroxylation sites is 1. The molecule has 2 aromatic carbocycles. The molecule has 0 saturated heterocycles. The largest absolute Gasteiger partial charge is 0.389 e. The van der Waals surface area contributed by atoms with Crippen LogP contribution in [0.25, 0.3) is 0 Å². The minimum absolute atomic E-state index is 0.464. The van der Waals surface area contributed by atoms with Crippen LogP contribution in [0, 0.1) is 6.92 Å².